The van der Waals surface area contributed by atoms with Gasteiger partial charge >= 0.3 is 48.9 Å². The molecule has 0 saturated heterocycles. The van der Waals surface area contributed by atoms with Crippen molar-refractivity contribution in [3.05, 3.63) is 30.3 Å². The molecule has 0 aliphatic carbocycles. The third-order valence-corrected chi connectivity index (χ3v) is 1.87. The number of thiol groups is 1. The molecule has 0 atom stereocenters. The predicted molar refractivity (Wildman–Crippen MR) is 67.4 cm³/mol. The Morgan fingerprint density at radius 1 is 1.15 bits per heavy atom. The van der Waals surface area contributed by atoms with Gasteiger partial charge in [0, 0.05) is 4.90 Å². The van der Waals surface area contributed by atoms with Crippen molar-refractivity contribution in [1.82, 2.24) is 0 Å². The fourth-order valence-corrected chi connectivity index (χ4v) is 0.600. The molecule has 72 valence electrons. The molecule has 0 heterocycles. The van der Waals surface area contributed by atoms with Gasteiger partial charge in [-0.25, -0.2) is 0 Å². The molecule has 13 heavy (non-hydrogen) atoms. The van der Waals surface area contributed by atoms with Crippen LogP contribution in [0.1, 0.15) is 27.2 Å². The monoisotopic (exact) mass is 322 g/mol. The van der Waals surface area contributed by atoms with E-state index in [1.165, 1.54) is 6.42 Å². The van der Waals surface area contributed by atoms with Gasteiger partial charge < -0.3 is 0 Å². The zero-order chi connectivity index (χ0) is 9.40. The SMILES string of the molecule is CCC(C)C.Sc1ccccc1.[BaH2]. The number of hydrogen-bond donors (Lipinski definition) is 1. The van der Waals surface area contributed by atoms with Crippen LogP contribution in [-0.2, 0) is 0 Å². The number of hydrogen-bond acceptors (Lipinski definition) is 1. The van der Waals surface area contributed by atoms with Crippen LogP contribution in [-0.4, -0.2) is 48.9 Å². The normalized spacial score (nSPS) is 8.38. The molecule has 1 rings (SSSR count). The van der Waals surface area contributed by atoms with Crippen LogP contribution in [0.5, 0.6) is 0 Å². The van der Waals surface area contributed by atoms with Gasteiger partial charge in [0.05, 0.1) is 0 Å². The van der Waals surface area contributed by atoms with E-state index in [-0.39, 0.29) is 48.9 Å². The number of benzene rings is 1. The Morgan fingerprint density at radius 2 is 1.54 bits per heavy atom. The minimum absolute atomic E-state index is 0. The molecular weight excluding hydrogens is 302 g/mol. The van der Waals surface area contributed by atoms with Crippen LogP contribution < -0.4 is 0 Å². The summed E-state index contributed by atoms with van der Waals surface area (Å²) in [6.45, 7) is 6.64. The van der Waals surface area contributed by atoms with Crippen molar-refractivity contribution in [2.45, 2.75) is 32.1 Å². The van der Waals surface area contributed by atoms with Crippen molar-refractivity contribution in [1.29, 1.82) is 0 Å². The molecule has 0 bridgehead atoms. The first kappa shape index (κ1) is 16.6. The fourth-order valence-electron chi connectivity index (χ4n) is 0.428. The minimum atomic E-state index is 0. The van der Waals surface area contributed by atoms with E-state index >= 15 is 0 Å². The molecule has 0 nitrogen and oxygen atoms in total. The van der Waals surface area contributed by atoms with Crippen LogP contribution in [0.15, 0.2) is 35.2 Å². The molecular formula is C11H20BaS. The zero-order valence-electron chi connectivity index (χ0n) is 8.12. The van der Waals surface area contributed by atoms with Crippen LogP contribution >= 0.6 is 12.6 Å². The summed E-state index contributed by atoms with van der Waals surface area (Å²) in [7, 11) is 0. The maximum atomic E-state index is 4.08. The van der Waals surface area contributed by atoms with Gasteiger partial charge in [-0.05, 0) is 18.1 Å². The Bertz CT molecular complexity index is 185. The molecule has 0 aromatic heterocycles. The summed E-state index contributed by atoms with van der Waals surface area (Å²) in [5, 5.41) is 0. The molecule has 0 aliphatic rings. The van der Waals surface area contributed by atoms with Crippen molar-refractivity contribution in [3.63, 3.8) is 0 Å². The molecule has 0 N–H and O–H groups in total. The van der Waals surface area contributed by atoms with Gasteiger partial charge in [-0.2, -0.15) is 0 Å². The Balaban J connectivity index is 0. The summed E-state index contributed by atoms with van der Waals surface area (Å²) in [6, 6.07) is 9.79. The Labute approximate surface area is 128 Å². The average molecular weight is 322 g/mol. The van der Waals surface area contributed by atoms with Crippen LogP contribution in [0.3, 0.4) is 0 Å². The fraction of sp³-hybridized carbons (Fsp3) is 0.455. The molecule has 1 aromatic rings. The maximum absolute atomic E-state index is 4.08. The van der Waals surface area contributed by atoms with E-state index in [1.54, 1.807) is 0 Å². The molecule has 0 radical (unpaired) electrons. The average Bonchev–Trinajstić information content (AvgIpc) is 2.07. The molecule has 0 unspecified atom stereocenters. The molecule has 2 heteroatoms. The van der Waals surface area contributed by atoms with Crippen LogP contribution in [0.25, 0.3) is 0 Å². The van der Waals surface area contributed by atoms with E-state index < -0.39 is 0 Å². The summed E-state index contributed by atoms with van der Waals surface area (Å²) in [6.07, 6.45) is 1.31. The van der Waals surface area contributed by atoms with Crippen molar-refractivity contribution in [3.8, 4) is 0 Å². The zero-order valence-corrected chi connectivity index (χ0v) is 9.01. The van der Waals surface area contributed by atoms with E-state index in [9.17, 15) is 0 Å². The van der Waals surface area contributed by atoms with Crippen LogP contribution in [0.4, 0.5) is 0 Å². The Morgan fingerprint density at radius 3 is 1.69 bits per heavy atom. The second-order valence-electron chi connectivity index (χ2n) is 3.14. The van der Waals surface area contributed by atoms with E-state index in [0.717, 1.165) is 10.8 Å². The molecule has 0 spiro atoms. The summed E-state index contributed by atoms with van der Waals surface area (Å²) >= 11 is 4.08. The van der Waals surface area contributed by atoms with Gasteiger partial charge in [0.2, 0.25) is 0 Å². The van der Waals surface area contributed by atoms with Crippen molar-refractivity contribution in [2.24, 2.45) is 5.92 Å². The second-order valence-corrected chi connectivity index (χ2v) is 3.65. The van der Waals surface area contributed by atoms with E-state index in [0.29, 0.717) is 0 Å². The van der Waals surface area contributed by atoms with Gasteiger partial charge in [0.1, 0.15) is 0 Å². The molecule has 0 aliphatic heterocycles. The summed E-state index contributed by atoms with van der Waals surface area (Å²) in [5.74, 6) is 0.884. The van der Waals surface area contributed by atoms with Gasteiger partial charge in [-0.1, -0.05) is 45.4 Å². The van der Waals surface area contributed by atoms with Crippen molar-refractivity contribution >= 4 is 61.5 Å². The number of rotatable bonds is 1. The van der Waals surface area contributed by atoms with E-state index in [2.05, 4.69) is 33.4 Å². The van der Waals surface area contributed by atoms with Gasteiger partial charge in [-0.15, -0.1) is 12.6 Å². The molecule has 0 fully saturated rings. The summed E-state index contributed by atoms with van der Waals surface area (Å²) < 4.78 is 0. The Kier molecular flexibility index (Phi) is 14.3. The van der Waals surface area contributed by atoms with Gasteiger partial charge in [-0.3, -0.25) is 0 Å². The van der Waals surface area contributed by atoms with Crippen molar-refractivity contribution in [2.75, 3.05) is 0 Å². The first-order chi connectivity index (χ1) is 5.66. The molecule has 0 amide bonds. The van der Waals surface area contributed by atoms with Crippen LogP contribution in [0.2, 0.25) is 0 Å². The van der Waals surface area contributed by atoms with Gasteiger partial charge in [0.15, 0.2) is 0 Å². The summed E-state index contributed by atoms with van der Waals surface area (Å²) in [4.78, 5) is 1.02. The Hall–Kier alpha value is 1.14. The van der Waals surface area contributed by atoms with E-state index in [4.69, 9.17) is 0 Å². The molecule has 1 aromatic carbocycles. The van der Waals surface area contributed by atoms with Gasteiger partial charge in [0.25, 0.3) is 0 Å². The molecule has 0 saturated carbocycles. The van der Waals surface area contributed by atoms with Crippen LogP contribution in [0, 0.1) is 5.92 Å². The standard InChI is InChI=1S/C6H6S.C5H12.Ba.2H/c7-6-4-2-1-3-5-6;1-4-5(2)3;;;/h1-5,7H;5H,4H2,1-3H3;;;. The third-order valence-electron chi connectivity index (χ3n) is 1.57. The topological polar surface area (TPSA) is 0 Å². The van der Waals surface area contributed by atoms with Crippen molar-refractivity contribution < 1.29 is 0 Å². The first-order valence-corrected chi connectivity index (χ1v) is 4.85. The van der Waals surface area contributed by atoms with E-state index in [1.807, 2.05) is 30.3 Å². The second kappa shape index (κ2) is 11.2. The quantitative estimate of drug-likeness (QED) is 0.596. The first-order valence-electron chi connectivity index (χ1n) is 4.40. The predicted octanol–water partition coefficient (Wildman–Crippen LogP) is 3.11. The summed E-state index contributed by atoms with van der Waals surface area (Å²) in [5.41, 5.74) is 0. The third kappa shape index (κ3) is 13.1.